The molecule has 3 atom stereocenters. The summed E-state index contributed by atoms with van der Waals surface area (Å²) < 4.78 is 5.29. The Morgan fingerprint density at radius 2 is 2.29 bits per heavy atom. The fourth-order valence-corrected chi connectivity index (χ4v) is 2.75. The van der Waals surface area contributed by atoms with Crippen LogP contribution >= 0.6 is 0 Å². The maximum atomic E-state index is 11.5. The third kappa shape index (κ3) is 1.21. The van der Waals surface area contributed by atoms with E-state index < -0.39 is 23.4 Å². The highest BCUT2D eigenvalue weighted by molar-refractivity contribution is 5.99. The van der Waals surface area contributed by atoms with E-state index in [1.165, 1.54) is 0 Å². The smallest absolute Gasteiger partial charge is 0.319 e. The molecule has 2 rings (SSSR count). The van der Waals surface area contributed by atoms with E-state index in [1.54, 1.807) is 0 Å². The molecule has 2 N–H and O–H groups in total. The predicted molar refractivity (Wildman–Crippen MR) is 49.1 cm³/mol. The van der Waals surface area contributed by atoms with Gasteiger partial charge in [-0.2, -0.15) is 0 Å². The number of hydrogen-bond donors (Lipinski definition) is 1. The van der Waals surface area contributed by atoms with Crippen LogP contribution in [0.5, 0.6) is 0 Å². The Balaban J connectivity index is 2.29. The molecule has 1 aliphatic heterocycles. The largest absolute Gasteiger partial charge is 0.458 e. The van der Waals surface area contributed by atoms with Crippen LogP contribution in [0.3, 0.4) is 0 Å². The van der Waals surface area contributed by atoms with E-state index >= 15 is 0 Å². The maximum absolute atomic E-state index is 11.5. The predicted octanol–water partition coefficient (Wildman–Crippen LogP) is 0.594. The van der Waals surface area contributed by atoms with Crippen molar-refractivity contribution in [3.05, 3.63) is 0 Å². The van der Waals surface area contributed by atoms with Gasteiger partial charge in [0.1, 0.15) is 11.5 Å². The van der Waals surface area contributed by atoms with Gasteiger partial charge in [-0.05, 0) is 26.2 Å². The van der Waals surface area contributed by atoms with Crippen molar-refractivity contribution in [1.29, 1.82) is 0 Å². The zero-order valence-electron chi connectivity index (χ0n) is 8.29. The molecule has 0 aromatic carbocycles. The van der Waals surface area contributed by atoms with Gasteiger partial charge in [0.25, 0.3) is 0 Å². The van der Waals surface area contributed by atoms with Crippen molar-refractivity contribution in [3.8, 4) is 0 Å². The minimum absolute atomic E-state index is 0.00116. The highest BCUT2D eigenvalue weighted by atomic mass is 16.6. The lowest BCUT2D eigenvalue weighted by atomic mass is 9.72. The number of carbonyl (C=O) groups excluding carboxylic acids is 2. The summed E-state index contributed by atoms with van der Waals surface area (Å²) in [6.45, 7) is 1.91. The van der Waals surface area contributed by atoms with Crippen molar-refractivity contribution >= 4 is 11.9 Å². The van der Waals surface area contributed by atoms with Crippen molar-refractivity contribution in [2.24, 2.45) is 17.6 Å². The van der Waals surface area contributed by atoms with Crippen LogP contribution in [0.2, 0.25) is 0 Å². The third-order valence-corrected chi connectivity index (χ3v) is 3.52. The Morgan fingerprint density at radius 3 is 2.93 bits per heavy atom. The van der Waals surface area contributed by atoms with Gasteiger partial charge in [-0.25, -0.2) is 0 Å². The maximum Gasteiger partial charge on any atom is 0.319 e. The highest BCUT2D eigenvalue weighted by Crippen LogP contribution is 2.46. The fraction of sp³-hybridized carbons (Fsp3) is 0.800. The first-order valence-electron chi connectivity index (χ1n) is 5.07. The van der Waals surface area contributed by atoms with Crippen molar-refractivity contribution in [1.82, 2.24) is 0 Å². The Kier molecular flexibility index (Phi) is 2.01. The zero-order chi connectivity index (χ0) is 10.3. The first-order valence-corrected chi connectivity index (χ1v) is 5.07. The van der Waals surface area contributed by atoms with Gasteiger partial charge in [0, 0.05) is 5.92 Å². The first-order chi connectivity index (χ1) is 6.54. The lowest BCUT2D eigenvalue weighted by Gasteiger charge is -2.34. The standard InChI is InChI=1S/C10H15NO3/c1-10-5-3-2-4-6(10)7(8(11)12)9(13)14-10/h6-7H,2-5H2,1H3,(H2,11,12)/t6-,7+,10+/m0/s1. The van der Waals surface area contributed by atoms with Crippen LogP contribution in [-0.2, 0) is 14.3 Å². The van der Waals surface area contributed by atoms with Gasteiger partial charge in [-0.1, -0.05) is 6.42 Å². The molecule has 78 valence electrons. The van der Waals surface area contributed by atoms with E-state index in [-0.39, 0.29) is 5.92 Å². The minimum atomic E-state index is -0.708. The summed E-state index contributed by atoms with van der Waals surface area (Å²) in [6.07, 6.45) is 3.84. The van der Waals surface area contributed by atoms with Crippen LogP contribution in [0.25, 0.3) is 0 Å². The molecule has 4 heteroatoms. The molecule has 1 saturated heterocycles. The molecule has 0 unspecified atom stereocenters. The van der Waals surface area contributed by atoms with E-state index in [0.717, 1.165) is 25.7 Å². The van der Waals surface area contributed by atoms with Gasteiger partial charge in [-0.15, -0.1) is 0 Å². The SMILES string of the molecule is C[C@@]12CCCC[C@H]1[C@H](C(N)=O)C(=O)O2. The summed E-state index contributed by atoms with van der Waals surface area (Å²) in [5.41, 5.74) is 4.78. The van der Waals surface area contributed by atoms with Gasteiger partial charge in [0.05, 0.1) is 0 Å². The van der Waals surface area contributed by atoms with Crippen LogP contribution in [0.15, 0.2) is 0 Å². The van der Waals surface area contributed by atoms with Gasteiger partial charge in [0.2, 0.25) is 5.91 Å². The first kappa shape index (κ1) is 9.49. The van der Waals surface area contributed by atoms with Crippen LogP contribution in [0, 0.1) is 11.8 Å². The Hall–Kier alpha value is -1.06. The second kappa shape index (κ2) is 2.97. The molecule has 0 aromatic rings. The average Bonchev–Trinajstić information content (AvgIpc) is 2.34. The Morgan fingerprint density at radius 1 is 1.57 bits per heavy atom. The topological polar surface area (TPSA) is 69.4 Å². The van der Waals surface area contributed by atoms with Gasteiger partial charge < -0.3 is 10.5 Å². The van der Waals surface area contributed by atoms with E-state index in [1.807, 2.05) is 6.92 Å². The van der Waals surface area contributed by atoms with Crippen molar-refractivity contribution in [2.75, 3.05) is 0 Å². The van der Waals surface area contributed by atoms with Gasteiger partial charge in [0.15, 0.2) is 0 Å². The molecule has 1 aliphatic carbocycles. The van der Waals surface area contributed by atoms with Crippen LogP contribution in [-0.4, -0.2) is 17.5 Å². The Labute approximate surface area is 82.8 Å². The van der Waals surface area contributed by atoms with Gasteiger partial charge in [-0.3, -0.25) is 9.59 Å². The molecule has 2 aliphatic rings. The molecule has 0 bridgehead atoms. The molecule has 4 nitrogen and oxygen atoms in total. The normalized spacial score (nSPS) is 41.6. The van der Waals surface area contributed by atoms with Crippen LogP contribution in [0.1, 0.15) is 32.6 Å². The molecule has 2 fully saturated rings. The number of amides is 1. The Bertz CT molecular complexity index is 289. The van der Waals surface area contributed by atoms with Crippen molar-refractivity contribution < 1.29 is 14.3 Å². The second-order valence-electron chi connectivity index (χ2n) is 4.47. The third-order valence-electron chi connectivity index (χ3n) is 3.52. The summed E-state index contributed by atoms with van der Waals surface area (Å²) >= 11 is 0. The van der Waals surface area contributed by atoms with Gasteiger partial charge >= 0.3 is 5.97 Å². The number of nitrogens with two attached hydrogens (primary N) is 1. The quantitative estimate of drug-likeness (QED) is 0.494. The number of hydrogen-bond acceptors (Lipinski definition) is 3. The molecule has 0 spiro atoms. The molecule has 1 saturated carbocycles. The zero-order valence-corrected chi connectivity index (χ0v) is 8.29. The number of esters is 1. The highest BCUT2D eigenvalue weighted by Gasteiger charge is 2.55. The van der Waals surface area contributed by atoms with Crippen LogP contribution in [0.4, 0.5) is 0 Å². The fourth-order valence-electron chi connectivity index (χ4n) is 2.75. The number of primary amides is 1. The minimum Gasteiger partial charge on any atom is -0.458 e. The second-order valence-corrected chi connectivity index (χ2v) is 4.47. The van der Waals surface area contributed by atoms with E-state index in [4.69, 9.17) is 10.5 Å². The summed E-state index contributed by atoms with van der Waals surface area (Å²) in [6, 6.07) is 0. The number of ether oxygens (including phenoxy) is 1. The number of carbonyl (C=O) groups is 2. The molecule has 14 heavy (non-hydrogen) atoms. The van der Waals surface area contributed by atoms with Crippen molar-refractivity contribution in [2.45, 2.75) is 38.2 Å². The molecule has 0 radical (unpaired) electrons. The molecule has 0 aromatic heterocycles. The lowest BCUT2D eigenvalue weighted by Crippen LogP contribution is -2.40. The summed E-state index contributed by atoms with van der Waals surface area (Å²) in [7, 11) is 0. The number of fused-ring (bicyclic) bond motifs is 1. The average molecular weight is 197 g/mol. The monoisotopic (exact) mass is 197 g/mol. The van der Waals surface area contributed by atoms with E-state index in [2.05, 4.69) is 0 Å². The van der Waals surface area contributed by atoms with E-state index in [9.17, 15) is 9.59 Å². The molecular weight excluding hydrogens is 182 g/mol. The number of rotatable bonds is 1. The summed E-state index contributed by atoms with van der Waals surface area (Å²) in [4.78, 5) is 22.6. The van der Waals surface area contributed by atoms with Crippen molar-refractivity contribution in [3.63, 3.8) is 0 Å². The molecule has 1 heterocycles. The molecular formula is C10H15NO3. The van der Waals surface area contributed by atoms with Crippen LogP contribution < -0.4 is 5.73 Å². The lowest BCUT2D eigenvalue weighted by molar-refractivity contribution is -0.152. The summed E-state index contributed by atoms with van der Waals surface area (Å²) in [5, 5.41) is 0. The summed E-state index contributed by atoms with van der Waals surface area (Å²) in [5.74, 6) is -1.67. The molecule has 1 amide bonds. The van der Waals surface area contributed by atoms with E-state index in [0.29, 0.717) is 0 Å².